The topological polar surface area (TPSA) is 64.0 Å². The molecule has 5 nitrogen and oxygen atoms in total. The van der Waals surface area contributed by atoms with E-state index in [9.17, 15) is 8.42 Å². The van der Waals surface area contributed by atoms with E-state index in [1.54, 1.807) is 20.0 Å². The Balaban J connectivity index is 1.90. The van der Waals surface area contributed by atoms with Crippen LogP contribution in [0, 0.1) is 0 Å². The van der Waals surface area contributed by atoms with Crippen LogP contribution in [0.2, 0.25) is 0 Å². The Morgan fingerprint density at radius 1 is 1.50 bits per heavy atom. The van der Waals surface area contributed by atoms with Crippen LogP contribution in [0.1, 0.15) is 32.5 Å². The second-order valence-electron chi connectivity index (χ2n) is 5.11. The molecule has 1 fully saturated rings. The van der Waals surface area contributed by atoms with E-state index < -0.39 is 9.84 Å². The van der Waals surface area contributed by atoms with Gasteiger partial charge in [0.15, 0.2) is 9.84 Å². The fraction of sp³-hybridized carbons (Fsp3) is 0.750. The van der Waals surface area contributed by atoms with Crippen molar-refractivity contribution in [1.29, 1.82) is 0 Å². The predicted molar refractivity (Wildman–Crippen MR) is 71.0 cm³/mol. The van der Waals surface area contributed by atoms with Crippen molar-refractivity contribution in [3.8, 4) is 0 Å². The van der Waals surface area contributed by atoms with Crippen molar-refractivity contribution in [3.63, 3.8) is 0 Å². The summed E-state index contributed by atoms with van der Waals surface area (Å²) in [5, 5.41) is 3.08. The van der Waals surface area contributed by atoms with Crippen LogP contribution < -0.4 is 5.32 Å². The maximum Gasteiger partial charge on any atom is 0.154 e. The molecule has 1 aromatic rings. The van der Waals surface area contributed by atoms with E-state index in [0.29, 0.717) is 12.6 Å². The molecule has 0 aromatic carbocycles. The zero-order chi connectivity index (χ0) is 13.2. The Labute approximate surface area is 109 Å². The lowest BCUT2D eigenvalue weighted by Gasteiger charge is -2.10. The molecule has 1 aliphatic rings. The number of sulfone groups is 1. The van der Waals surface area contributed by atoms with Gasteiger partial charge in [0, 0.05) is 25.0 Å². The average Bonchev–Trinajstić information content (AvgIpc) is 3.03. The van der Waals surface area contributed by atoms with E-state index in [4.69, 9.17) is 0 Å². The van der Waals surface area contributed by atoms with Gasteiger partial charge in [0.25, 0.3) is 0 Å². The molecule has 0 unspecified atom stereocenters. The predicted octanol–water partition coefficient (Wildman–Crippen LogP) is 0.958. The highest BCUT2D eigenvalue weighted by molar-refractivity contribution is 7.91. The molecular formula is C12H21N3O2S. The monoisotopic (exact) mass is 271 g/mol. The summed E-state index contributed by atoms with van der Waals surface area (Å²) in [5.41, 5.74) is 0. The third kappa shape index (κ3) is 3.55. The van der Waals surface area contributed by atoms with E-state index in [2.05, 4.69) is 10.3 Å². The Morgan fingerprint density at radius 3 is 2.83 bits per heavy atom. The molecule has 1 saturated carbocycles. The molecule has 102 valence electrons. The Hall–Kier alpha value is -0.880. The largest absolute Gasteiger partial charge is 0.333 e. The molecule has 18 heavy (non-hydrogen) atoms. The number of aromatic nitrogens is 2. The summed E-state index contributed by atoms with van der Waals surface area (Å²) >= 11 is 0. The van der Waals surface area contributed by atoms with Crippen LogP contribution in [0.15, 0.2) is 12.4 Å². The quantitative estimate of drug-likeness (QED) is 0.802. The summed E-state index contributed by atoms with van der Waals surface area (Å²) in [5.74, 6) is 1.10. The SMILES string of the molecule is CC(C)S(=O)(=O)CCn1ccnc1CNC1CC1. The molecule has 6 heteroatoms. The third-order valence-corrected chi connectivity index (χ3v) is 5.45. The van der Waals surface area contributed by atoms with Crippen molar-refractivity contribution in [3.05, 3.63) is 18.2 Å². The summed E-state index contributed by atoms with van der Waals surface area (Å²) in [6.45, 7) is 4.65. The number of hydrogen-bond donors (Lipinski definition) is 1. The maximum atomic E-state index is 11.8. The molecule has 1 N–H and O–H groups in total. The summed E-state index contributed by atoms with van der Waals surface area (Å²) in [4.78, 5) is 4.27. The highest BCUT2D eigenvalue weighted by Gasteiger charge is 2.21. The van der Waals surface area contributed by atoms with Crippen LogP contribution >= 0.6 is 0 Å². The smallest absolute Gasteiger partial charge is 0.154 e. The fourth-order valence-electron chi connectivity index (χ4n) is 1.70. The molecule has 0 amide bonds. The molecular weight excluding hydrogens is 250 g/mol. The van der Waals surface area contributed by atoms with Gasteiger partial charge in [-0.15, -0.1) is 0 Å². The number of nitrogens with zero attached hydrogens (tertiary/aromatic N) is 2. The van der Waals surface area contributed by atoms with Crippen LogP contribution in [0.25, 0.3) is 0 Å². The van der Waals surface area contributed by atoms with Gasteiger partial charge in [0.1, 0.15) is 5.82 Å². The normalized spacial score (nSPS) is 16.4. The first-order chi connectivity index (χ1) is 8.49. The van der Waals surface area contributed by atoms with Gasteiger partial charge in [0.05, 0.1) is 17.5 Å². The standard InChI is InChI=1S/C12H21N3O2S/c1-10(2)18(16,17)8-7-15-6-5-13-12(15)9-14-11-3-4-11/h5-6,10-11,14H,3-4,7-9H2,1-2H3. The number of imidazole rings is 1. The first kappa shape index (κ1) is 13.5. The van der Waals surface area contributed by atoms with Crippen LogP contribution in [0.4, 0.5) is 0 Å². The van der Waals surface area contributed by atoms with Crippen LogP contribution in [0.3, 0.4) is 0 Å². The number of hydrogen-bond acceptors (Lipinski definition) is 4. The van der Waals surface area contributed by atoms with Gasteiger partial charge in [-0.1, -0.05) is 0 Å². The lowest BCUT2D eigenvalue weighted by Crippen LogP contribution is -2.23. The maximum absolute atomic E-state index is 11.8. The van der Waals surface area contributed by atoms with E-state index in [0.717, 1.165) is 12.4 Å². The summed E-state index contributed by atoms with van der Waals surface area (Å²) in [6.07, 6.45) is 6.05. The van der Waals surface area contributed by atoms with Gasteiger partial charge in [-0.25, -0.2) is 13.4 Å². The molecule has 0 atom stereocenters. The zero-order valence-electron chi connectivity index (χ0n) is 11.0. The molecule has 0 aliphatic heterocycles. The molecule has 1 heterocycles. The summed E-state index contributed by atoms with van der Waals surface area (Å²) < 4.78 is 25.5. The van der Waals surface area contributed by atoms with Crippen LogP contribution in [0.5, 0.6) is 0 Å². The van der Waals surface area contributed by atoms with Gasteiger partial charge in [-0.05, 0) is 26.7 Å². The van der Waals surface area contributed by atoms with Crippen molar-refractivity contribution >= 4 is 9.84 Å². The minimum absolute atomic E-state index is 0.178. The van der Waals surface area contributed by atoms with Crippen molar-refractivity contribution in [2.45, 2.75) is 51.1 Å². The number of aryl methyl sites for hydroxylation is 1. The van der Waals surface area contributed by atoms with Crippen LogP contribution in [-0.4, -0.2) is 35.0 Å². The Bertz CT molecular complexity index is 489. The highest BCUT2D eigenvalue weighted by Crippen LogP contribution is 2.19. The van der Waals surface area contributed by atoms with Crippen LogP contribution in [-0.2, 0) is 22.9 Å². The van der Waals surface area contributed by atoms with E-state index in [1.807, 2.05) is 10.8 Å². The molecule has 0 spiro atoms. The van der Waals surface area contributed by atoms with E-state index in [-0.39, 0.29) is 11.0 Å². The lowest BCUT2D eigenvalue weighted by atomic mass is 10.5. The third-order valence-electron chi connectivity index (χ3n) is 3.26. The molecule has 0 bridgehead atoms. The van der Waals surface area contributed by atoms with Crippen molar-refractivity contribution in [2.24, 2.45) is 0 Å². The van der Waals surface area contributed by atoms with Gasteiger partial charge in [-0.3, -0.25) is 0 Å². The summed E-state index contributed by atoms with van der Waals surface area (Å²) in [7, 11) is -2.98. The molecule has 0 radical (unpaired) electrons. The second-order valence-corrected chi connectivity index (χ2v) is 7.78. The van der Waals surface area contributed by atoms with Gasteiger partial charge < -0.3 is 9.88 Å². The minimum Gasteiger partial charge on any atom is -0.333 e. The first-order valence-electron chi connectivity index (χ1n) is 6.44. The van der Waals surface area contributed by atoms with Gasteiger partial charge in [0.2, 0.25) is 0 Å². The molecule has 1 aliphatic carbocycles. The Kier molecular flexibility index (Phi) is 4.07. The number of rotatable bonds is 7. The van der Waals surface area contributed by atoms with E-state index >= 15 is 0 Å². The Morgan fingerprint density at radius 2 is 2.22 bits per heavy atom. The average molecular weight is 271 g/mol. The van der Waals surface area contributed by atoms with Crippen molar-refractivity contribution in [2.75, 3.05) is 5.75 Å². The number of nitrogens with one attached hydrogen (secondary N) is 1. The molecule has 1 aromatic heterocycles. The van der Waals surface area contributed by atoms with E-state index in [1.165, 1.54) is 12.8 Å². The minimum atomic E-state index is -2.98. The zero-order valence-corrected chi connectivity index (χ0v) is 11.8. The summed E-state index contributed by atoms with van der Waals surface area (Å²) in [6, 6.07) is 0.634. The molecule has 2 rings (SSSR count). The fourth-order valence-corrected chi connectivity index (χ4v) is 2.62. The van der Waals surface area contributed by atoms with Crippen molar-refractivity contribution in [1.82, 2.24) is 14.9 Å². The van der Waals surface area contributed by atoms with Gasteiger partial charge >= 0.3 is 0 Å². The lowest BCUT2D eigenvalue weighted by molar-refractivity contribution is 0.572. The van der Waals surface area contributed by atoms with Gasteiger partial charge in [-0.2, -0.15) is 0 Å². The molecule has 0 saturated heterocycles. The second kappa shape index (κ2) is 5.40. The first-order valence-corrected chi connectivity index (χ1v) is 8.15. The highest BCUT2D eigenvalue weighted by atomic mass is 32.2. The van der Waals surface area contributed by atoms with Crippen molar-refractivity contribution < 1.29 is 8.42 Å².